The lowest BCUT2D eigenvalue weighted by atomic mass is 10.1. The van der Waals surface area contributed by atoms with Gasteiger partial charge in [0.2, 0.25) is 0 Å². The molecule has 0 aliphatic carbocycles. The first-order valence-electron chi connectivity index (χ1n) is 4.39. The predicted octanol–water partition coefficient (Wildman–Crippen LogP) is 1.21. The minimum Gasteiger partial charge on any atom is -0.254 e. The van der Waals surface area contributed by atoms with E-state index in [1.54, 1.807) is 0 Å². The van der Waals surface area contributed by atoms with Crippen LogP contribution < -0.4 is 0 Å². The van der Waals surface area contributed by atoms with Crippen molar-refractivity contribution in [3.63, 3.8) is 0 Å². The van der Waals surface area contributed by atoms with E-state index in [0.717, 1.165) is 11.8 Å². The summed E-state index contributed by atoms with van der Waals surface area (Å²) >= 11 is 0. The SMILES string of the molecule is C#CC(Cc1ccccc1)OS(C)(=O)=O. The molecule has 15 heavy (non-hydrogen) atoms. The maximum absolute atomic E-state index is 10.9. The summed E-state index contributed by atoms with van der Waals surface area (Å²) in [5, 5.41) is 0. The summed E-state index contributed by atoms with van der Waals surface area (Å²) in [7, 11) is -3.50. The molecule has 0 amide bonds. The lowest BCUT2D eigenvalue weighted by molar-refractivity contribution is 0.267. The Morgan fingerprint density at radius 3 is 2.47 bits per heavy atom. The maximum atomic E-state index is 10.9. The Morgan fingerprint density at radius 2 is 2.00 bits per heavy atom. The molecule has 80 valence electrons. The maximum Gasteiger partial charge on any atom is 0.265 e. The molecule has 1 atom stereocenters. The van der Waals surface area contributed by atoms with Gasteiger partial charge in [0.05, 0.1) is 6.26 Å². The topological polar surface area (TPSA) is 43.4 Å². The molecule has 1 rings (SSSR count). The molecular weight excluding hydrogens is 212 g/mol. The van der Waals surface area contributed by atoms with Crippen LogP contribution in [-0.2, 0) is 20.7 Å². The summed E-state index contributed by atoms with van der Waals surface area (Å²) in [5.41, 5.74) is 0.948. The second-order valence-electron chi connectivity index (χ2n) is 3.15. The van der Waals surface area contributed by atoms with Crippen LogP contribution >= 0.6 is 0 Å². The monoisotopic (exact) mass is 224 g/mol. The Morgan fingerprint density at radius 1 is 1.40 bits per heavy atom. The van der Waals surface area contributed by atoms with Gasteiger partial charge in [0.1, 0.15) is 6.10 Å². The number of hydrogen-bond donors (Lipinski definition) is 0. The van der Waals surface area contributed by atoms with Gasteiger partial charge in [-0.1, -0.05) is 36.3 Å². The van der Waals surface area contributed by atoms with E-state index in [9.17, 15) is 8.42 Å². The zero-order chi connectivity index (χ0) is 11.3. The molecule has 0 radical (unpaired) electrons. The highest BCUT2D eigenvalue weighted by Crippen LogP contribution is 2.07. The zero-order valence-corrected chi connectivity index (χ0v) is 9.20. The molecule has 0 saturated carbocycles. The molecule has 1 aromatic rings. The van der Waals surface area contributed by atoms with Crippen LogP contribution in [0.2, 0.25) is 0 Å². The van der Waals surface area contributed by atoms with Crippen LogP contribution in [0.1, 0.15) is 5.56 Å². The van der Waals surface area contributed by atoms with E-state index >= 15 is 0 Å². The molecule has 0 aliphatic rings. The van der Waals surface area contributed by atoms with Crippen molar-refractivity contribution in [2.45, 2.75) is 12.5 Å². The lowest BCUT2D eigenvalue weighted by Crippen LogP contribution is -2.18. The van der Waals surface area contributed by atoms with Gasteiger partial charge in [0.15, 0.2) is 0 Å². The van der Waals surface area contributed by atoms with Gasteiger partial charge in [0.25, 0.3) is 10.1 Å². The Labute approximate surface area is 90.2 Å². The van der Waals surface area contributed by atoms with E-state index in [2.05, 4.69) is 5.92 Å². The second kappa shape index (κ2) is 4.96. The van der Waals surface area contributed by atoms with Crippen LogP contribution in [0.5, 0.6) is 0 Å². The van der Waals surface area contributed by atoms with Crippen LogP contribution in [-0.4, -0.2) is 20.8 Å². The van der Waals surface area contributed by atoms with Gasteiger partial charge < -0.3 is 0 Å². The normalized spacial score (nSPS) is 13.1. The Kier molecular flexibility index (Phi) is 3.89. The van der Waals surface area contributed by atoms with Crippen molar-refractivity contribution < 1.29 is 12.6 Å². The average Bonchev–Trinajstić information content (AvgIpc) is 2.16. The van der Waals surface area contributed by atoms with Crippen molar-refractivity contribution >= 4 is 10.1 Å². The average molecular weight is 224 g/mol. The van der Waals surface area contributed by atoms with E-state index in [0.29, 0.717) is 6.42 Å². The first kappa shape index (κ1) is 11.8. The summed E-state index contributed by atoms with van der Waals surface area (Å²) < 4.78 is 26.5. The van der Waals surface area contributed by atoms with Crippen molar-refractivity contribution in [2.75, 3.05) is 6.26 Å². The van der Waals surface area contributed by atoms with E-state index < -0.39 is 16.2 Å². The highest BCUT2D eigenvalue weighted by atomic mass is 32.2. The molecule has 1 aromatic carbocycles. The minimum absolute atomic E-state index is 0.393. The smallest absolute Gasteiger partial charge is 0.254 e. The first-order chi connectivity index (χ1) is 7.01. The zero-order valence-electron chi connectivity index (χ0n) is 8.38. The van der Waals surface area contributed by atoms with Crippen molar-refractivity contribution in [1.29, 1.82) is 0 Å². The molecule has 0 aromatic heterocycles. The number of rotatable bonds is 4. The molecular formula is C11H12O3S. The first-order valence-corrected chi connectivity index (χ1v) is 6.21. The molecule has 0 fully saturated rings. The summed E-state index contributed by atoms with van der Waals surface area (Å²) in [5.74, 6) is 2.31. The van der Waals surface area contributed by atoms with Gasteiger partial charge in [0, 0.05) is 6.42 Å². The largest absolute Gasteiger partial charge is 0.265 e. The molecule has 0 saturated heterocycles. The Balaban J connectivity index is 2.68. The van der Waals surface area contributed by atoms with E-state index in [4.69, 9.17) is 10.6 Å². The highest BCUT2D eigenvalue weighted by Gasteiger charge is 2.12. The molecule has 0 heterocycles. The van der Waals surface area contributed by atoms with Gasteiger partial charge in [-0.2, -0.15) is 8.42 Å². The fourth-order valence-corrected chi connectivity index (χ4v) is 1.71. The third-order valence-corrected chi connectivity index (χ3v) is 2.32. The van der Waals surface area contributed by atoms with Crippen LogP contribution in [0.25, 0.3) is 0 Å². The number of hydrogen-bond acceptors (Lipinski definition) is 3. The quantitative estimate of drug-likeness (QED) is 0.570. The Hall–Kier alpha value is -1.31. The standard InChI is InChI=1S/C11H12O3S/c1-3-11(14-15(2,12)13)9-10-7-5-4-6-8-10/h1,4-8,11H,9H2,2H3. The van der Waals surface area contributed by atoms with Crippen molar-refractivity contribution in [2.24, 2.45) is 0 Å². The lowest BCUT2D eigenvalue weighted by Gasteiger charge is -2.09. The van der Waals surface area contributed by atoms with Gasteiger partial charge in [-0.05, 0) is 5.56 Å². The Bertz CT molecular complexity index is 442. The summed E-state index contributed by atoms with van der Waals surface area (Å²) in [6, 6.07) is 9.35. The van der Waals surface area contributed by atoms with Gasteiger partial charge >= 0.3 is 0 Å². The summed E-state index contributed by atoms with van der Waals surface area (Å²) in [6.45, 7) is 0. The van der Waals surface area contributed by atoms with E-state index in [-0.39, 0.29) is 0 Å². The van der Waals surface area contributed by atoms with Crippen molar-refractivity contribution in [3.8, 4) is 12.3 Å². The van der Waals surface area contributed by atoms with Crippen molar-refractivity contribution in [1.82, 2.24) is 0 Å². The molecule has 0 bridgehead atoms. The van der Waals surface area contributed by atoms with E-state index in [1.165, 1.54) is 0 Å². The summed E-state index contributed by atoms with van der Waals surface area (Å²) in [6.07, 6.45) is 5.84. The molecule has 0 spiro atoms. The fourth-order valence-electron chi connectivity index (χ4n) is 1.16. The summed E-state index contributed by atoms with van der Waals surface area (Å²) in [4.78, 5) is 0. The van der Waals surface area contributed by atoms with Crippen LogP contribution in [0.4, 0.5) is 0 Å². The molecule has 3 nitrogen and oxygen atoms in total. The third kappa shape index (κ3) is 4.63. The number of terminal acetylenes is 1. The van der Waals surface area contributed by atoms with E-state index in [1.807, 2.05) is 30.3 Å². The van der Waals surface area contributed by atoms with Gasteiger partial charge in [-0.25, -0.2) is 0 Å². The molecule has 4 heteroatoms. The number of benzene rings is 1. The second-order valence-corrected chi connectivity index (χ2v) is 4.75. The molecule has 0 aliphatic heterocycles. The van der Waals surface area contributed by atoms with Gasteiger partial charge in [-0.3, -0.25) is 4.18 Å². The van der Waals surface area contributed by atoms with Crippen LogP contribution in [0, 0.1) is 12.3 Å². The minimum atomic E-state index is -3.50. The predicted molar refractivity (Wildman–Crippen MR) is 58.7 cm³/mol. The van der Waals surface area contributed by atoms with Crippen LogP contribution in [0.3, 0.4) is 0 Å². The fraction of sp³-hybridized carbons (Fsp3) is 0.273. The van der Waals surface area contributed by atoms with Gasteiger partial charge in [-0.15, -0.1) is 6.42 Å². The molecule has 1 unspecified atom stereocenters. The molecule has 0 N–H and O–H groups in total. The van der Waals surface area contributed by atoms with Crippen molar-refractivity contribution in [3.05, 3.63) is 35.9 Å². The van der Waals surface area contributed by atoms with Crippen LogP contribution in [0.15, 0.2) is 30.3 Å². The third-order valence-electron chi connectivity index (χ3n) is 1.74. The highest BCUT2D eigenvalue weighted by molar-refractivity contribution is 7.86.